The van der Waals surface area contributed by atoms with Crippen LogP contribution < -0.4 is 10.6 Å². The van der Waals surface area contributed by atoms with E-state index in [0.29, 0.717) is 11.4 Å². The number of ether oxygens (including phenoxy) is 3. The van der Waals surface area contributed by atoms with Crippen LogP contribution in [-0.2, 0) is 19.0 Å². The fourth-order valence-corrected chi connectivity index (χ4v) is 2.41. The van der Waals surface area contributed by atoms with Crippen LogP contribution in [0.3, 0.4) is 0 Å². The highest BCUT2D eigenvalue weighted by molar-refractivity contribution is 5.98. The van der Waals surface area contributed by atoms with Crippen LogP contribution in [0.15, 0.2) is 42.5 Å². The molecular weight excluding hydrogens is 392 g/mol. The van der Waals surface area contributed by atoms with E-state index in [9.17, 15) is 19.2 Å². The van der Waals surface area contributed by atoms with Gasteiger partial charge in [0.2, 0.25) is 0 Å². The molecule has 0 unspecified atom stereocenters. The summed E-state index contributed by atoms with van der Waals surface area (Å²) in [5, 5.41) is 5.07. The van der Waals surface area contributed by atoms with Crippen molar-refractivity contribution in [2.45, 2.75) is 13.8 Å². The number of carbonyl (C=O) groups excluding carboxylic acids is 4. The lowest BCUT2D eigenvalue weighted by molar-refractivity contribution is -0.119. The Morgan fingerprint density at radius 2 is 1.63 bits per heavy atom. The second-order valence-corrected chi connectivity index (χ2v) is 6.07. The fourth-order valence-electron chi connectivity index (χ4n) is 2.41. The number of carbonyl (C=O) groups is 4. The van der Waals surface area contributed by atoms with Gasteiger partial charge >= 0.3 is 18.0 Å². The molecule has 2 aromatic carbocycles. The van der Waals surface area contributed by atoms with Gasteiger partial charge in [0.1, 0.15) is 0 Å². The van der Waals surface area contributed by atoms with Gasteiger partial charge in [-0.25, -0.2) is 14.4 Å². The number of nitrogens with one attached hydrogen (secondary N) is 2. The molecular formula is C21H22N2O7. The standard InChI is InChI=1S/C21H22N2O7/c1-4-29-21(27)22-16-7-5-6-14(10-16)20(26)30-12-18(24)23-17-11-15(19(25)28-3)9-8-13(17)2/h5-11H,4,12H2,1-3H3,(H,22,27)(H,23,24). The lowest BCUT2D eigenvalue weighted by Gasteiger charge is -2.11. The Hall–Kier alpha value is -3.88. The lowest BCUT2D eigenvalue weighted by atomic mass is 10.1. The summed E-state index contributed by atoms with van der Waals surface area (Å²) < 4.78 is 14.5. The van der Waals surface area contributed by atoms with Crippen molar-refractivity contribution in [3.05, 3.63) is 59.2 Å². The Balaban J connectivity index is 1.96. The summed E-state index contributed by atoms with van der Waals surface area (Å²) in [6, 6.07) is 10.7. The zero-order chi connectivity index (χ0) is 22.1. The molecule has 0 aromatic heterocycles. The number of methoxy groups -OCH3 is 1. The average molecular weight is 414 g/mol. The van der Waals surface area contributed by atoms with Crippen molar-refractivity contribution >= 4 is 35.3 Å². The molecule has 0 heterocycles. The number of hydrogen-bond donors (Lipinski definition) is 2. The molecule has 0 aliphatic heterocycles. The number of anilines is 2. The summed E-state index contributed by atoms with van der Waals surface area (Å²) in [6.45, 7) is 3.11. The van der Waals surface area contributed by atoms with Crippen molar-refractivity contribution in [2.75, 3.05) is 31.0 Å². The van der Waals surface area contributed by atoms with Crippen LogP contribution in [0.2, 0.25) is 0 Å². The molecule has 9 nitrogen and oxygen atoms in total. The first-order chi connectivity index (χ1) is 14.3. The van der Waals surface area contributed by atoms with Gasteiger partial charge in [-0.1, -0.05) is 12.1 Å². The second kappa shape index (κ2) is 10.6. The van der Waals surface area contributed by atoms with Gasteiger partial charge in [-0.2, -0.15) is 0 Å². The van der Waals surface area contributed by atoms with Crippen molar-refractivity contribution in [1.82, 2.24) is 0 Å². The SMILES string of the molecule is CCOC(=O)Nc1cccc(C(=O)OCC(=O)Nc2cc(C(=O)OC)ccc2C)c1. The summed E-state index contributed by atoms with van der Waals surface area (Å²) in [5.74, 6) is -1.85. The first kappa shape index (κ1) is 22.4. The smallest absolute Gasteiger partial charge is 0.411 e. The first-order valence-electron chi connectivity index (χ1n) is 9.03. The van der Waals surface area contributed by atoms with E-state index in [4.69, 9.17) is 9.47 Å². The van der Waals surface area contributed by atoms with Gasteiger partial charge in [0, 0.05) is 11.4 Å². The van der Waals surface area contributed by atoms with E-state index in [1.165, 1.54) is 25.3 Å². The third-order valence-electron chi connectivity index (χ3n) is 3.89. The first-order valence-corrected chi connectivity index (χ1v) is 9.03. The maximum Gasteiger partial charge on any atom is 0.411 e. The molecule has 0 radical (unpaired) electrons. The molecule has 0 saturated heterocycles. The van der Waals surface area contributed by atoms with E-state index in [-0.39, 0.29) is 17.7 Å². The molecule has 9 heteroatoms. The minimum Gasteiger partial charge on any atom is -0.465 e. The van der Waals surface area contributed by atoms with E-state index < -0.39 is 30.5 Å². The summed E-state index contributed by atoms with van der Waals surface area (Å²) in [7, 11) is 1.26. The van der Waals surface area contributed by atoms with E-state index in [2.05, 4.69) is 15.4 Å². The normalized spacial score (nSPS) is 9.97. The summed E-state index contributed by atoms with van der Waals surface area (Å²) in [4.78, 5) is 47.5. The van der Waals surface area contributed by atoms with E-state index in [1.807, 2.05) is 0 Å². The van der Waals surface area contributed by atoms with Crippen LogP contribution in [0, 0.1) is 6.92 Å². The molecule has 0 atom stereocenters. The van der Waals surface area contributed by atoms with E-state index in [0.717, 1.165) is 5.56 Å². The molecule has 2 rings (SSSR count). The Morgan fingerprint density at radius 1 is 0.900 bits per heavy atom. The van der Waals surface area contributed by atoms with Crippen molar-refractivity contribution < 1.29 is 33.4 Å². The highest BCUT2D eigenvalue weighted by Gasteiger charge is 2.14. The predicted octanol–water partition coefficient (Wildman–Crippen LogP) is 3.15. The Morgan fingerprint density at radius 3 is 2.33 bits per heavy atom. The molecule has 2 N–H and O–H groups in total. The number of amides is 2. The maximum absolute atomic E-state index is 12.2. The lowest BCUT2D eigenvalue weighted by Crippen LogP contribution is -2.21. The summed E-state index contributed by atoms with van der Waals surface area (Å²) in [6.07, 6.45) is -0.646. The van der Waals surface area contributed by atoms with Crippen LogP contribution in [0.5, 0.6) is 0 Å². The van der Waals surface area contributed by atoms with Gasteiger partial charge in [-0.3, -0.25) is 10.1 Å². The third kappa shape index (κ3) is 6.33. The highest BCUT2D eigenvalue weighted by Crippen LogP contribution is 2.18. The van der Waals surface area contributed by atoms with Crippen LogP contribution in [0.25, 0.3) is 0 Å². The summed E-state index contributed by atoms with van der Waals surface area (Å²) in [5.41, 5.74) is 1.91. The molecule has 0 spiro atoms. The predicted molar refractivity (Wildman–Crippen MR) is 109 cm³/mol. The van der Waals surface area contributed by atoms with Gasteiger partial charge in [-0.05, 0) is 49.7 Å². The number of aryl methyl sites for hydroxylation is 1. The molecule has 158 valence electrons. The quantitative estimate of drug-likeness (QED) is 0.527. The van der Waals surface area contributed by atoms with Gasteiger partial charge in [-0.15, -0.1) is 0 Å². The molecule has 0 fully saturated rings. The average Bonchev–Trinajstić information content (AvgIpc) is 2.73. The molecule has 0 saturated carbocycles. The van der Waals surface area contributed by atoms with Gasteiger partial charge in [0.05, 0.1) is 24.8 Å². The van der Waals surface area contributed by atoms with Crippen LogP contribution >= 0.6 is 0 Å². The highest BCUT2D eigenvalue weighted by atomic mass is 16.5. The van der Waals surface area contributed by atoms with Gasteiger partial charge < -0.3 is 19.5 Å². The molecule has 30 heavy (non-hydrogen) atoms. The monoisotopic (exact) mass is 414 g/mol. The number of hydrogen-bond acceptors (Lipinski definition) is 7. The number of benzene rings is 2. The third-order valence-corrected chi connectivity index (χ3v) is 3.89. The van der Waals surface area contributed by atoms with Gasteiger partial charge in [0.15, 0.2) is 6.61 Å². The van der Waals surface area contributed by atoms with Crippen molar-refractivity contribution in [2.24, 2.45) is 0 Å². The molecule has 0 bridgehead atoms. The zero-order valence-electron chi connectivity index (χ0n) is 16.8. The maximum atomic E-state index is 12.2. The van der Waals surface area contributed by atoms with Crippen molar-refractivity contribution in [3.8, 4) is 0 Å². The van der Waals surface area contributed by atoms with Crippen LogP contribution in [0.1, 0.15) is 33.2 Å². The van der Waals surface area contributed by atoms with E-state index >= 15 is 0 Å². The molecule has 2 aromatic rings. The zero-order valence-corrected chi connectivity index (χ0v) is 16.8. The van der Waals surface area contributed by atoms with E-state index in [1.54, 1.807) is 38.1 Å². The molecule has 2 amide bonds. The largest absolute Gasteiger partial charge is 0.465 e. The summed E-state index contributed by atoms with van der Waals surface area (Å²) >= 11 is 0. The fraction of sp³-hybridized carbons (Fsp3) is 0.238. The van der Waals surface area contributed by atoms with Crippen LogP contribution in [-0.4, -0.2) is 44.3 Å². The Bertz CT molecular complexity index is 956. The second-order valence-electron chi connectivity index (χ2n) is 6.07. The van der Waals surface area contributed by atoms with Crippen LogP contribution in [0.4, 0.5) is 16.2 Å². The minimum absolute atomic E-state index is 0.154. The molecule has 0 aliphatic rings. The van der Waals surface area contributed by atoms with Crippen molar-refractivity contribution in [1.29, 1.82) is 0 Å². The van der Waals surface area contributed by atoms with Gasteiger partial charge in [0.25, 0.3) is 5.91 Å². The van der Waals surface area contributed by atoms with Crippen molar-refractivity contribution in [3.63, 3.8) is 0 Å². The number of esters is 2. The number of rotatable bonds is 7. The topological polar surface area (TPSA) is 120 Å². The molecule has 0 aliphatic carbocycles. The Labute approximate surface area is 173 Å². The Kier molecular flexibility index (Phi) is 7.92. The minimum atomic E-state index is -0.738.